The molecule has 0 amide bonds. The summed E-state index contributed by atoms with van der Waals surface area (Å²) in [6, 6.07) is 11.5. The number of methoxy groups -OCH3 is 1. The molecule has 1 heterocycles. The summed E-state index contributed by atoms with van der Waals surface area (Å²) >= 11 is 6.13. The van der Waals surface area contributed by atoms with Crippen LogP contribution in [0.1, 0.15) is 19.3 Å². The molecule has 3 rings (SSSR count). The average molecular weight is 375 g/mol. The van der Waals surface area contributed by atoms with Crippen LogP contribution in [0.2, 0.25) is 5.02 Å². The van der Waals surface area contributed by atoms with Gasteiger partial charge in [0.1, 0.15) is 5.75 Å². The SMILES string of the molecule is COc1ccc2nc3cc(Cl)ccc3c(NCCCC[C@@H](O)CO)c2c1. The second-order valence-electron chi connectivity index (χ2n) is 6.29. The molecule has 1 aromatic heterocycles. The van der Waals surface area contributed by atoms with Gasteiger partial charge in [-0.2, -0.15) is 0 Å². The normalized spacial score (nSPS) is 12.5. The number of unbranched alkanes of at least 4 members (excludes halogenated alkanes) is 1. The summed E-state index contributed by atoms with van der Waals surface area (Å²) in [6.45, 7) is 0.569. The molecule has 2 aromatic carbocycles. The number of aliphatic hydroxyl groups is 2. The zero-order valence-corrected chi connectivity index (χ0v) is 15.5. The van der Waals surface area contributed by atoms with Crippen molar-refractivity contribution < 1.29 is 14.9 Å². The van der Waals surface area contributed by atoms with E-state index in [0.717, 1.165) is 52.6 Å². The first-order chi connectivity index (χ1) is 12.6. The Bertz CT molecular complexity index is 901. The van der Waals surface area contributed by atoms with Crippen LogP contribution < -0.4 is 10.1 Å². The van der Waals surface area contributed by atoms with E-state index < -0.39 is 6.10 Å². The van der Waals surface area contributed by atoms with Gasteiger partial charge in [-0.15, -0.1) is 0 Å². The fourth-order valence-electron chi connectivity index (χ4n) is 3.02. The summed E-state index contributed by atoms with van der Waals surface area (Å²) in [5.74, 6) is 0.779. The molecule has 3 N–H and O–H groups in total. The second-order valence-corrected chi connectivity index (χ2v) is 6.73. The molecule has 6 heteroatoms. The number of hydrogen-bond acceptors (Lipinski definition) is 5. The van der Waals surface area contributed by atoms with Crippen LogP contribution >= 0.6 is 11.6 Å². The largest absolute Gasteiger partial charge is 0.497 e. The zero-order chi connectivity index (χ0) is 18.5. The maximum Gasteiger partial charge on any atom is 0.119 e. The summed E-state index contributed by atoms with van der Waals surface area (Å²) < 4.78 is 5.36. The molecule has 0 fully saturated rings. The van der Waals surface area contributed by atoms with E-state index in [1.165, 1.54) is 0 Å². The van der Waals surface area contributed by atoms with E-state index in [2.05, 4.69) is 5.32 Å². The Labute approximate surface area is 157 Å². The number of nitrogens with zero attached hydrogens (tertiary/aromatic N) is 1. The minimum Gasteiger partial charge on any atom is -0.497 e. The monoisotopic (exact) mass is 374 g/mol. The van der Waals surface area contributed by atoms with Crippen molar-refractivity contribution in [1.82, 2.24) is 4.98 Å². The smallest absolute Gasteiger partial charge is 0.119 e. The van der Waals surface area contributed by atoms with Gasteiger partial charge in [0.15, 0.2) is 0 Å². The topological polar surface area (TPSA) is 74.6 Å². The summed E-state index contributed by atoms with van der Waals surface area (Å²) in [7, 11) is 1.65. The Morgan fingerprint density at radius 3 is 2.73 bits per heavy atom. The number of aliphatic hydroxyl groups excluding tert-OH is 2. The van der Waals surface area contributed by atoms with E-state index in [1.807, 2.05) is 36.4 Å². The molecule has 0 unspecified atom stereocenters. The van der Waals surface area contributed by atoms with Crippen LogP contribution in [-0.2, 0) is 0 Å². The number of hydrogen-bond donors (Lipinski definition) is 3. The molecule has 26 heavy (non-hydrogen) atoms. The van der Waals surface area contributed by atoms with Gasteiger partial charge in [0.2, 0.25) is 0 Å². The van der Waals surface area contributed by atoms with E-state index in [-0.39, 0.29) is 6.61 Å². The van der Waals surface area contributed by atoms with Crippen LogP contribution in [-0.4, -0.2) is 41.6 Å². The maximum atomic E-state index is 9.44. The number of ether oxygens (including phenoxy) is 1. The van der Waals surface area contributed by atoms with Crippen molar-refractivity contribution >= 4 is 39.1 Å². The lowest BCUT2D eigenvalue weighted by atomic mass is 10.1. The molecule has 0 aliphatic rings. The number of aromatic nitrogens is 1. The summed E-state index contributed by atoms with van der Waals surface area (Å²) in [5, 5.41) is 24.5. The van der Waals surface area contributed by atoms with Gasteiger partial charge in [-0.05, 0) is 55.7 Å². The minimum atomic E-state index is -0.635. The zero-order valence-electron chi connectivity index (χ0n) is 14.7. The molecule has 5 nitrogen and oxygen atoms in total. The van der Waals surface area contributed by atoms with Crippen LogP contribution in [0.3, 0.4) is 0 Å². The number of halogens is 1. The van der Waals surface area contributed by atoms with E-state index in [1.54, 1.807) is 7.11 Å². The Kier molecular flexibility index (Phi) is 6.14. The lowest BCUT2D eigenvalue weighted by Gasteiger charge is -2.14. The summed E-state index contributed by atoms with van der Waals surface area (Å²) in [6.07, 6.45) is 1.69. The fraction of sp³-hybridized carbons (Fsp3) is 0.350. The molecule has 0 radical (unpaired) electrons. The van der Waals surface area contributed by atoms with Gasteiger partial charge < -0.3 is 20.3 Å². The Hall–Kier alpha value is -2.08. The number of fused-ring (bicyclic) bond motifs is 2. The van der Waals surface area contributed by atoms with Gasteiger partial charge in [-0.3, -0.25) is 0 Å². The highest BCUT2D eigenvalue weighted by Gasteiger charge is 2.11. The van der Waals surface area contributed by atoms with Crippen molar-refractivity contribution in [3.63, 3.8) is 0 Å². The van der Waals surface area contributed by atoms with Gasteiger partial charge in [-0.25, -0.2) is 4.98 Å². The van der Waals surface area contributed by atoms with Crippen LogP contribution in [0, 0.1) is 0 Å². The number of benzene rings is 2. The highest BCUT2D eigenvalue weighted by Crippen LogP contribution is 2.34. The van der Waals surface area contributed by atoms with Crippen LogP contribution in [0.15, 0.2) is 36.4 Å². The third-order valence-corrected chi connectivity index (χ3v) is 4.65. The highest BCUT2D eigenvalue weighted by atomic mass is 35.5. The summed E-state index contributed by atoms with van der Waals surface area (Å²) in [5.41, 5.74) is 2.72. The summed E-state index contributed by atoms with van der Waals surface area (Å²) in [4.78, 5) is 4.71. The van der Waals surface area contributed by atoms with Gasteiger partial charge >= 0.3 is 0 Å². The predicted octanol–water partition coefficient (Wildman–Crippen LogP) is 3.99. The minimum absolute atomic E-state index is 0.187. The Balaban J connectivity index is 1.91. The third-order valence-electron chi connectivity index (χ3n) is 4.42. The van der Waals surface area contributed by atoms with Gasteiger partial charge in [-0.1, -0.05) is 11.6 Å². The van der Waals surface area contributed by atoms with Crippen molar-refractivity contribution in [2.75, 3.05) is 25.6 Å². The Morgan fingerprint density at radius 2 is 1.96 bits per heavy atom. The van der Waals surface area contributed by atoms with E-state index in [0.29, 0.717) is 11.4 Å². The fourth-order valence-corrected chi connectivity index (χ4v) is 3.19. The molecule has 1 atom stereocenters. The first kappa shape index (κ1) is 18.7. The van der Waals surface area contributed by atoms with E-state index in [9.17, 15) is 5.11 Å². The van der Waals surface area contributed by atoms with Crippen molar-refractivity contribution in [3.05, 3.63) is 41.4 Å². The first-order valence-electron chi connectivity index (χ1n) is 8.72. The molecule has 0 saturated carbocycles. The average Bonchev–Trinajstić information content (AvgIpc) is 2.66. The number of nitrogens with one attached hydrogen (secondary N) is 1. The van der Waals surface area contributed by atoms with Crippen LogP contribution in [0.5, 0.6) is 5.75 Å². The quantitative estimate of drug-likeness (QED) is 0.410. The van der Waals surface area contributed by atoms with E-state index in [4.69, 9.17) is 26.4 Å². The number of rotatable bonds is 8. The van der Waals surface area contributed by atoms with Gasteiger partial charge in [0.25, 0.3) is 0 Å². The lowest BCUT2D eigenvalue weighted by molar-refractivity contribution is 0.0864. The van der Waals surface area contributed by atoms with Crippen LogP contribution in [0.4, 0.5) is 5.69 Å². The van der Waals surface area contributed by atoms with Crippen LogP contribution in [0.25, 0.3) is 21.8 Å². The third kappa shape index (κ3) is 4.18. The number of pyridine rings is 1. The standard InChI is InChI=1S/C20H23ClN2O3/c1-26-15-6-8-18-17(11-15)20(22-9-3-2-4-14(25)12-24)16-7-5-13(21)10-19(16)23-18/h5-8,10-11,14,24-25H,2-4,9,12H2,1H3,(H,22,23)/t14-/m1/s1. The van der Waals surface area contributed by atoms with Crippen molar-refractivity contribution in [2.45, 2.75) is 25.4 Å². The van der Waals surface area contributed by atoms with Crippen molar-refractivity contribution in [3.8, 4) is 5.75 Å². The van der Waals surface area contributed by atoms with Gasteiger partial charge in [0.05, 0.1) is 36.5 Å². The van der Waals surface area contributed by atoms with Crippen molar-refractivity contribution in [1.29, 1.82) is 0 Å². The lowest BCUT2D eigenvalue weighted by Crippen LogP contribution is -2.12. The first-order valence-corrected chi connectivity index (χ1v) is 9.10. The Morgan fingerprint density at radius 1 is 1.12 bits per heavy atom. The molecule has 0 aliphatic carbocycles. The molecule has 0 aliphatic heterocycles. The molecular weight excluding hydrogens is 352 g/mol. The van der Waals surface area contributed by atoms with E-state index >= 15 is 0 Å². The highest BCUT2D eigenvalue weighted by molar-refractivity contribution is 6.31. The maximum absolute atomic E-state index is 9.44. The molecular formula is C20H23ClN2O3. The molecule has 0 spiro atoms. The molecule has 138 valence electrons. The number of anilines is 1. The van der Waals surface area contributed by atoms with Crippen molar-refractivity contribution in [2.24, 2.45) is 0 Å². The molecule has 0 bridgehead atoms. The molecule has 3 aromatic rings. The second kappa shape index (κ2) is 8.54. The predicted molar refractivity (Wildman–Crippen MR) is 106 cm³/mol. The van der Waals surface area contributed by atoms with Gasteiger partial charge in [0, 0.05) is 22.3 Å². The molecule has 0 saturated heterocycles.